The summed E-state index contributed by atoms with van der Waals surface area (Å²) in [6, 6.07) is 0. The number of carbonyl (C=O) groups excluding carboxylic acids is 1. The Morgan fingerprint density at radius 2 is 0.843 bits per heavy atom. The molecule has 0 heterocycles. The van der Waals surface area contributed by atoms with Crippen LogP contribution in [0.15, 0.2) is 60.8 Å². The molecule has 13 heteroatoms. The molecule has 0 aromatic heterocycles. The Labute approximate surface area is 426 Å². The van der Waals surface area contributed by atoms with Crippen molar-refractivity contribution in [2.45, 2.75) is 275 Å². The van der Waals surface area contributed by atoms with Gasteiger partial charge in [0, 0.05) is 13.0 Å². The highest BCUT2D eigenvalue weighted by molar-refractivity contribution is 7.47. The second kappa shape index (κ2) is 46.8. The van der Waals surface area contributed by atoms with Crippen LogP contribution in [-0.2, 0) is 27.9 Å². The summed E-state index contributed by atoms with van der Waals surface area (Å²) in [5.41, 5.74) is 0. The lowest BCUT2D eigenvalue weighted by Crippen LogP contribution is -2.64. The number of aliphatic hydroxyl groups is 5. The number of ether oxygens (including phenoxy) is 2. The molecule has 12 nitrogen and oxygen atoms in total. The van der Waals surface area contributed by atoms with Gasteiger partial charge in [-0.3, -0.25) is 13.8 Å². The lowest BCUT2D eigenvalue weighted by molar-refractivity contribution is -0.220. The topological polar surface area (TPSA) is 192 Å². The first kappa shape index (κ1) is 66.1. The molecule has 6 atom stereocenters. The Kier molecular flexibility index (Phi) is 44.2. The Morgan fingerprint density at radius 1 is 0.471 bits per heavy atom. The fourth-order valence-corrected chi connectivity index (χ4v) is 9.47. The molecule has 0 aliphatic heterocycles. The number of hydrogen-bond acceptors (Lipinski definition) is 11. The van der Waals surface area contributed by atoms with Gasteiger partial charge in [0.15, 0.2) is 0 Å². The van der Waals surface area contributed by atoms with Crippen LogP contribution in [0.3, 0.4) is 0 Å². The molecule has 408 valence electrons. The molecule has 70 heavy (non-hydrogen) atoms. The summed E-state index contributed by atoms with van der Waals surface area (Å²) in [7, 11) is -5.04. The van der Waals surface area contributed by atoms with Crippen molar-refractivity contribution in [2.75, 3.05) is 19.8 Å². The third-order valence-electron chi connectivity index (χ3n) is 12.9. The molecule has 1 rings (SSSR count). The molecule has 0 saturated heterocycles. The molecule has 1 fully saturated rings. The number of unbranched alkanes of at least 4 members (excludes halogenated alkanes) is 26. The minimum absolute atomic E-state index is 0.0898. The lowest BCUT2D eigenvalue weighted by atomic mass is 9.85. The number of phosphoric acid groups is 1. The third-order valence-corrected chi connectivity index (χ3v) is 13.9. The molecular formula is C57H103O12P. The van der Waals surface area contributed by atoms with Gasteiger partial charge in [0.2, 0.25) is 0 Å². The summed E-state index contributed by atoms with van der Waals surface area (Å²) in [5.74, 6) is -0.506. The Bertz CT molecular complexity index is 1380. The summed E-state index contributed by atoms with van der Waals surface area (Å²) in [6.45, 7) is 4.15. The minimum Gasteiger partial charge on any atom is -0.457 e. The van der Waals surface area contributed by atoms with Crippen molar-refractivity contribution in [1.29, 1.82) is 0 Å². The van der Waals surface area contributed by atoms with Crippen molar-refractivity contribution in [2.24, 2.45) is 0 Å². The van der Waals surface area contributed by atoms with Gasteiger partial charge in [-0.15, -0.1) is 0 Å². The standard InChI is InChI=1S/C57H103O12P/c1-3-5-7-9-11-13-15-17-19-21-23-24-25-26-27-29-31-33-35-37-39-41-43-45-47-66-48-50(49-67-70(64,65)69-57-55(62)53(60)52(59)54(61)56(57)63)68-51(58)46-44-42-40-38-36-34-32-30-28-22-20-18-16-14-12-10-8-6-4-2/h6,8,12,14,18,20,28,30,34,36,50,52-57,59-63H,3-5,7,9-11,13,15-17,19,21-27,29,31-33,35,37-49H2,1-2H3,(H,64,65)/b8-6-,14-12-,20-18-,30-28-,36-34-. The summed E-state index contributed by atoms with van der Waals surface area (Å²) in [6.07, 6.45) is 48.7. The highest BCUT2D eigenvalue weighted by atomic mass is 31.2. The predicted octanol–water partition coefficient (Wildman–Crippen LogP) is 13.3. The van der Waals surface area contributed by atoms with Crippen LogP contribution in [0.2, 0.25) is 0 Å². The van der Waals surface area contributed by atoms with Gasteiger partial charge in [0.25, 0.3) is 0 Å². The van der Waals surface area contributed by atoms with Crippen molar-refractivity contribution >= 4 is 13.8 Å². The van der Waals surface area contributed by atoms with E-state index in [-0.39, 0.29) is 13.0 Å². The average Bonchev–Trinajstić information content (AvgIpc) is 3.35. The Morgan fingerprint density at radius 3 is 1.27 bits per heavy atom. The molecule has 1 aliphatic rings. The smallest absolute Gasteiger partial charge is 0.457 e. The highest BCUT2D eigenvalue weighted by Crippen LogP contribution is 2.47. The van der Waals surface area contributed by atoms with E-state index in [1.54, 1.807) is 0 Å². The van der Waals surface area contributed by atoms with Crippen LogP contribution < -0.4 is 0 Å². The van der Waals surface area contributed by atoms with Gasteiger partial charge in [-0.2, -0.15) is 0 Å². The lowest BCUT2D eigenvalue weighted by Gasteiger charge is -2.41. The number of esters is 1. The maximum Gasteiger partial charge on any atom is 0.472 e. The van der Waals surface area contributed by atoms with Gasteiger partial charge in [-0.1, -0.05) is 229 Å². The van der Waals surface area contributed by atoms with Gasteiger partial charge < -0.3 is 39.9 Å². The fourth-order valence-electron chi connectivity index (χ4n) is 8.50. The Hall–Kier alpha value is -1.96. The highest BCUT2D eigenvalue weighted by Gasteiger charge is 2.51. The van der Waals surface area contributed by atoms with E-state index < -0.39 is 63.1 Å². The van der Waals surface area contributed by atoms with Crippen LogP contribution in [0.4, 0.5) is 0 Å². The third kappa shape index (κ3) is 37.7. The zero-order chi connectivity index (χ0) is 51.2. The molecule has 0 amide bonds. The van der Waals surface area contributed by atoms with E-state index in [1.165, 1.54) is 135 Å². The molecule has 0 radical (unpaired) electrons. The number of rotatable bonds is 48. The van der Waals surface area contributed by atoms with Crippen molar-refractivity contribution in [3.63, 3.8) is 0 Å². The number of phosphoric ester groups is 1. The van der Waals surface area contributed by atoms with Gasteiger partial charge in [0.1, 0.15) is 42.7 Å². The SMILES string of the molecule is CC/C=C\C/C=C\C/C=C\C/C=C\C/C=C\CCCCCC(=O)OC(COCCCCCCCCCCCCCCCCCCCCCCCCCC)COP(=O)(O)OC1C(O)C(O)C(O)C(O)C1O. The quantitative estimate of drug-likeness (QED) is 0.0146. The largest absolute Gasteiger partial charge is 0.472 e. The molecule has 6 unspecified atom stereocenters. The van der Waals surface area contributed by atoms with Gasteiger partial charge >= 0.3 is 13.8 Å². The van der Waals surface area contributed by atoms with Crippen molar-refractivity contribution in [3.05, 3.63) is 60.8 Å². The average molecular weight is 1010 g/mol. The number of hydrogen-bond donors (Lipinski definition) is 6. The maximum atomic E-state index is 12.9. The molecule has 1 aliphatic carbocycles. The first-order valence-electron chi connectivity index (χ1n) is 28.1. The summed E-state index contributed by atoms with van der Waals surface area (Å²) < 4.78 is 34.3. The zero-order valence-electron chi connectivity index (χ0n) is 44.1. The van der Waals surface area contributed by atoms with Crippen LogP contribution in [0, 0.1) is 0 Å². The molecular weight excluding hydrogens is 908 g/mol. The normalized spacial score (nSPS) is 21.3. The van der Waals surface area contributed by atoms with Crippen LogP contribution in [0.25, 0.3) is 0 Å². The number of aliphatic hydroxyl groups excluding tert-OH is 5. The van der Waals surface area contributed by atoms with Gasteiger partial charge in [-0.25, -0.2) is 4.57 Å². The summed E-state index contributed by atoms with van der Waals surface area (Å²) in [5, 5.41) is 50.4. The predicted molar refractivity (Wildman–Crippen MR) is 285 cm³/mol. The molecule has 0 spiro atoms. The summed E-state index contributed by atoms with van der Waals surface area (Å²) >= 11 is 0. The second-order valence-electron chi connectivity index (χ2n) is 19.4. The van der Waals surface area contributed by atoms with E-state index in [4.69, 9.17) is 18.5 Å². The molecule has 0 aromatic carbocycles. The fraction of sp³-hybridized carbons (Fsp3) is 0.807. The van der Waals surface area contributed by atoms with E-state index in [9.17, 15) is 39.8 Å². The van der Waals surface area contributed by atoms with Crippen LogP contribution in [0.1, 0.15) is 232 Å². The van der Waals surface area contributed by atoms with Crippen molar-refractivity contribution in [3.8, 4) is 0 Å². The first-order valence-corrected chi connectivity index (χ1v) is 29.6. The van der Waals surface area contributed by atoms with Crippen LogP contribution in [-0.4, -0.2) is 98.9 Å². The first-order chi connectivity index (χ1) is 34.0. The van der Waals surface area contributed by atoms with E-state index in [0.717, 1.165) is 70.6 Å². The second-order valence-corrected chi connectivity index (χ2v) is 20.8. The number of carbonyl (C=O) groups is 1. The van der Waals surface area contributed by atoms with Gasteiger partial charge in [-0.05, 0) is 57.8 Å². The van der Waals surface area contributed by atoms with E-state index in [1.807, 2.05) is 0 Å². The molecule has 1 saturated carbocycles. The minimum atomic E-state index is -5.04. The van der Waals surface area contributed by atoms with Crippen molar-refractivity contribution in [1.82, 2.24) is 0 Å². The Balaban J connectivity index is 2.30. The van der Waals surface area contributed by atoms with E-state index in [0.29, 0.717) is 13.0 Å². The van der Waals surface area contributed by atoms with Crippen LogP contribution >= 0.6 is 7.82 Å². The zero-order valence-corrected chi connectivity index (χ0v) is 45.0. The van der Waals surface area contributed by atoms with E-state index in [2.05, 4.69) is 74.6 Å². The number of allylic oxidation sites excluding steroid dienone is 10. The maximum absolute atomic E-state index is 12.9. The van der Waals surface area contributed by atoms with Crippen molar-refractivity contribution < 1.29 is 58.3 Å². The molecule has 0 bridgehead atoms. The molecule has 6 N–H and O–H groups in total. The monoisotopic (exact) mass is 1010 g/mol. The van der Waals surface area contributed by atoms with Crippen LogP contribution in [0.5, 0.6) is 0 Å². The van der Waals surface area contributed by atoms with E-state index >= 15 is 0 Å². The summed E-state index contributed by atoms with van der Waals surface area (Å²) in [4.78, 5) is 23.3. The van der Waals surface area contributed by atoms with Gasteiger partial charge in [0.05, 0.1) is 13.2 Å². The molecule has 0 aromatic rings.